The summed E-state index contributed by atoms with van der Waals surface area (Å²) < 4.78 is 45.7. The summed E-state index contributed by atoms with van der Waals surface area (Å²) in [5.41, 5.74) is 12.2. The van der Waals surface area contributed by atoms with Gasteiger partial charge in [0.05, 0.1) is 23.8 Å². The number of rotatable bonds is 13. The zero-order valence-corrected chi connectivity index (χ0v) is 27.7. The van der Waals surface area contributed by atoms with Crippen molar-refractivity contribution in [3.63, 3.8) is 0 Å². The number of carboxylic acid groups (broad SMARTS) is 1. The number of aliphatic carboxylic acids is 1. The highest BCUT2D eigenvalue weighted by molar-refractivity contribution is 7.80. The molecule has 48 heavy (non-hydrogen) atoms. The lowest BCUT2D eigenvalue weighted by Crippen LogP contribution is -2.76. The Bertz CT molecular complexity index is 1870. The first-order chi connectivity index (χ1) is 22.6. The third-order valence-electron chi connectivity index (χ3n) is 7.92. The molecule has 7 N–H and O–H groups in total. The number of benzene rings is 1. The molecule has 1 unspecified atom stereocenters. The number of carboxylic acids is 1. The molecule has 1 fully saturated rings. The van der Waals surface area contributed by atoms with Gasteiger partial charge in [0.25, 0.3) is 17.9 Å². The summed E-state index contributed by atoms with van der Waals surface area (Å²) in [7, 11) is -3.07. The third kappa shape index (κ3) is 7.26. The summed E-state index contributed by atoms with van der Waals surface area (Å²) in [5, 5.41) is 18.1. The van der Waals surface area contributed by atoms with Crippen LogP contribution in [0.4, 0.5) is 5.13 Å². The number of nitrogen functional groups attached to an aromatic ring is 1. The molecule has 0 bridgehead atoms. The molecule has 5 rings (SSSR count). The van der Waals surface area contributed by atoms with Crippen LogP contribution in [0.2, 0.25) is 0 Å². The Morgan fingerprint density at radius 3 is 2.71 bits per heavy atom. The third-order valence-corrected chi connectivity index (χ3v) is 8.93. The molecular formula is C28H35N8O10S2+. The first-order valence-electron chi connectivity index (χ1n) is 14.6. The van der Waals surface area contributed by atoms with Gasteiger partial charge >= 0.3 is 16.4 Å². The summed E-state index contributed by atoms with van der Waals surface area (Å²) in [6.07, 6.45) is 2.98. The van der Waals surface area contributed by atoms with Gasteiger partial charge in [-0.2, -0.15) is 18.2 Å². The fourth-order valence-corrected chi connectivity index (χ4v) is 6.39. The second-order valence-electron chi connectivity index (χ2n) is 11.7. The van der Waals surface area contributed by atoms with E-state index in [4.69, 9.17) is 25.6 Å². The number of nitrogens with two attached hydrogens (primary N) is 2. The summed E-state index contributed by atoms with van der Waals surface area (Å²) in [6, 6.07) is 4.31. The van der Waals surface area contributed by atoms with Gasteiger partial charge in [-0.1, -0.05) is 11.2 Å². The Morgan fingerprint density at radius 1 is 1.33 bits per heavy atom. The highest BCUT2D eigenvalue weighted by atomic mass is 32.3. The number of nitrogens with zero attached hydrogens (tertiary/aromatic N) is 5. The van der Waals surface area contributed by atoms with Gasteiger partial charge in [-0.3, -0.25) is 14.1 Å². The number of hydrogen-bond acceptors (Lipinski definition) is 13. The molecule has 2 aliphatic heterocycles. The van der Waals surface area contributed by atoms with Crippen molar-refractivity contribution in [1.29, 1.82) is 0 Å². The largest absolute Gasteiger partial charge is 0.485 e. The molecule has 0 spiro atoms. The predicted molar refractivity (Wildman–Crippen MR) is 169 cm³/mol. The van der Waals surface area contributed by atoms with E-state index in [2.05, 4.69) is 24.4 Å². The lowest BCUT2D eigenvalue weighted by molar-refractivity contribution is -0.753. The molecule has 18 nitrogen and oxygen atoms in total. The molecule has 3 atom stereocenters. The van der Waals surface area contributed by atoms with Gasteiger partial charge in [-0.25, -0.2) is 9.78 Å². The van der Waals surface area contributed by atoms with Crippen LogP contribution in [0, 0.1) is 0 Å². The minimum absolute atomic E-state index is 0.0672. The Hall–Kier alpha value is -4.63. The van der Waals surface area contributed by atoms with E-state index >= 15 is 0 Å². The number of nitrogens with one attached hydrogen (secondary N) is 1. The smallest absolute Gasteiger partial charge is 0.418 e. The Labute approximate surface area is 278 Å². The Kier molecular flexibility index (Phi) is 9.74. The zero-order valence-electron chi connectivity index (χ0n) is 26.1. The number of fused-ring (bicyclic) bond motifs is 1. The van der Waals surface area contributed by atoms with E-state index in [1.807, 2.05) is 36.3 Å². The molecule has 258 valence electrons. The van der Waals surface area contributed by atoms with Crippen LogP contribution in [0.5, 0.6) is 5.75 Å². The summed E-state index contributed by atoms with van der Waals surface area (Å²) in [4.78, 5) is 47.7. The number of hydroxylamine groups is 2. The molecule has 0 radical (unpaired) electrons. The fourth-order valence-electron chi connectivity index (χ4n) is 5.39. The quantitative estimate of drug-likeness (QED) is 0.0507. The summed E-state index contributed by atoms with van der Waals surface area (Å²) in [6.45, 7) is 4.11. The molecule has 4 heterocycles. The van der Waals surface area contributed by atoms with Crippen LogP contribution in [0.3, 0.4) is 0 Å². The molecule has 2 aliphatic rings. The number of aromatic nitrogens is 3. The van der Waals surface area contributed by atoms with E-state index in [0.717, 1.165) is 41.0 Å². The van der Waals surface area contributed by atoms with Gasteiger partial charge in [-0.15, -0.1) is 20.3 Å². The van der Waals surface area contributed by atoms with Crippen LogP contribution in [0.15, 0.2) is 41.1 Å². The van der Waals surface area contributed by atoms with Crippen molar-refractivity contribution in [1.82, 2.24) is 20.0 Å². The molecule has 20 heteroatoms. The molecule has 1 saturated heterocycles. The van der Waals surface area contributed by atoms with E-state index in [9.17, 15) is 27.9 Å². The maximum absolute atomic E-state index is 13.4. The molecule has 0 aliphatic carbocycles. The van der Waals surface area contributed by atoms with Crippen LogP contribution in [0.25, 0.3) is 11.1 Å². The minimum atomic E-state index is -5.02. The number of carbonyl (C=O) groups is 3. The van der Waals surface area contributed by atoms with Gasteiger partial charge in [-0.05, 0) is 62.9 Å². The van der Waals surface area contributed by atoms with Crippen LogP contribution in [-0.2, 0) is 53.9 Å². The number of oxime groups is 1. The number of β-lactam (4-membered cyclic amide) rings is 1. The van der Waals surface area contributed by atoms with Gasteiger partial charge in [0, 0.05) is 5.38 Å². The van der Waals surface area contributed by atoms with Gasteiger partial charge < -0.3 is 31.5 Å². The van der Waals surface area contributed by atoms with E-state index < -0.39 is 57.7 Å². The normalized spacial score (nSPS) is 19.6. The van der Waals surface area contributed by atoms with Crippen molar-refractivity contribution in [2.75, 3.05) is 12.3 Å². The number of thiazole rings is 1. The second-order valence-corrected chi connectivity index (χ2v) is 13.6. The van der Waals surface area contributed by atoms with Crippen LogP contribution in [-0.4, -0.2) is 86.6 Å². The standard InChI is InChI=1S/C28H34N8O10S2/c1-28(2)23(25(38)36(28)46-48(41,42)43)32-24(37)21(18-14-47-27(30)31-18)33-45-22(26(39)40)20-8-6-16-11-15(5-7-19(16)44-20)17-12-34(3)35(13-17)10-4-9-29/h5,7,11-14,20,22-23H,4,6,8-10,29H2,1-3H3,(H4-,30,31,32,37,39,40,41,42,43)/p+1/b33-21-/t20-,22-,23?/m0/s1. The van der Waals surface area contributed by atoms with Crippen LogP contribution < -0.4 is 26.2 Å². The molecule has 2 aromatic heterocycles. The number of hydrogen-bond donors (Lipinski definition) is 5. The average Bonchev–Trinajstić information content (AvgIpc) is 3.63. The highest BCUT2D eigenvalue weighted by Gasteiger charge is 2.58. The lowest BCUT2D eigenvalue weighted by atomic mass is 9.84. The molecule has 3 aromatic rings. The minimum Gasteiger partial charge on any atom is -0.485 e. The number of aryl methyl sites for hydroxylation is 3. The summed E-state index contributed by atoms with van der Waals surface area (Å²) >= 11 is 0.974. The van der Waals surface area contributed by atoms with Crippen molar-refractivity contribution < 1.29 is 51.0 Å². The van der Waals surface area contributed by atoms with Crippen molar-refractivity contribution in [3.8, 4) is 16.9 Å². The average molecular weight is 708 g/mol. The van der Waals surface area contributed by atoms with Crippen molar-refractivity contribution in [2.45, 2.75) is 63.4 Å². The maximum atomic E-state index is 13.4. The Balaban J connectivity index is 1.32. The van der Waals surface area contributed by atoms with E-state index in [-0.39, 0.29) is 17.2 Å². The van der Waals surface area contributed by atoms with Crippen molar-refractivity contribution in [2.24, 2.45) is 17.9 Å². The van der Waals surface area contributed by atoms with E-state index in [0.29, 0.717) is 23.8 Å². The van der Waals surface area contributed by atoms with Crippen LogP contribution in [0.1, 0.15) is 37.9 Å². The topological polar surface area (TPSA) is 255 Å². The van der Waals surface area contributed by atoms with E-state index in [1.54, 1.807) is 6.07 Å². The van der Waals surface area contributed by atoms with Crippen molar-refractivity contribution in [3.05, 3.63) is 47.2 Å². The number of amides is 2. The fraction of sp³-hybridized carbons (Fsp3) is 0.429. The first-order valence-corrected chi connectivity index (χ1v) is 16.9. The van der Waals surface area contributed by atoms with Gasteiger partial charge in [0.15, 0.2) is 17.9 Å². The van der Waals surface area contributed by atoms with Crippen LogP contribution >= 0.6 is 11.3 Å². The lowest BCUT2D eigenvalue weighted by Gasteiger charge is -2.50. The summed E-state index contributed by atoms with van der Waals surface area (Å²) in [5.74, 6) is -2.91. The first kappa shape index (κ1) is 34.7. The van der Waals surface area contributed by atoms with Gasteiger partial charge in [0.2, 0.25) is 6.20 Å². The molecule has 2 amide bonds. The van der Waals surface area contributed by atoms with Gasteiger partial charge in [0.1, 0.15) is 23.6 Å². The zero-order chi connectivity index (χ0) is 35.0. The number of carbonyl (C=O) groups excluding carboxylic acids is 2. The monoisotopic (exact) mass is 707 g/mol. The predicted octanol–water partition coefficient (Wildman–Crippen LogP) is -0.225. The molecule has 1 aromatic carbocycles. The molecule has 0 saturated carbocycles. The maximum Gasteiger partial charge on any atom is 0.418 e. The second kappa shape index (κ2) is 13.5. The number of anilines is 1. The SMILES string of the molecule is C[n+]1cc(-c2ccc3c(c2)CC[C@@H]([C@H](O/N=C(\C(=O)NC2C(=O)N(OS(=O)(=O)O)C2(C)C)c2csc(N)n2)C(=O)O)O3)cn1CCCN. The van der Waals surface area contributed by atoms with E-state index in [1.165, 1.54) is 19.2 Å². The molecular weight excluding hydrogens is 672 g/mol. The highest BCUT2D eigenvalue weighted by Crippen LogP contribution is 2.34. The Morgan fingerprint density at radius 2 is 2.08 bits per heavy atom. The van der Waals surface area contributed by atoms with Crippen molar-refractivity contribution >= 4 is 50.4 Å². The number of ether oxygens (including phenoxy) is 1.